The fourth-order valence-corrected chi connectivity index (χ4v) is 2.13. The van der Waals surface area contributed by atoms with Crippen LogP contribution in [-0.2, 0) is 9.53 Å². The van der Waals surface area contributed by atoms with Gasteiger partial charge in [0.05, 0.1) is 7.11 Å². The number of esters is 1. The molecule has 0 amide bonds. The second-order valence-electron chi connectivity index (χ2n) is 3.53. The van der Waals surface area contributed by atoms with E-state index < -0.39 is 5.54 Å². The summed E-state index contributed by atoms with van der Waals surface area (Å²) in [5.74, 6) is 0.0665. The zero-order chi connectivity index (χ0) is 9.19. The van der Waals surface area contributed by atoms with Crippen LogP contribution in [0.4, 0.5) is 0 Å². The van der Waals surface area contributed by atoms with Gasteiger partial charge in [0.15, 0.2) is 0 Å². The molecule has 2 atom stereocenters. The molecule has 1 aliphatic carbocycles. The molecule has 0 heterocycles. The van der Waals surface area contributed by atoms with E-state index in [-0.39, 0.29) is 5.97 Å². The lowest BCUT2D eigenvalue weighted by atomic mass is 9.86. The molecule has 0 aromatic carbocycles. The Balaban J connectivity index is 2.74. The lowest BCUT2D eigenvalue weighted by molar-refractivity contribution is -0.148. The molecule has 0 aromatic heterocycles. The van der Waals surface area contributed by atoms with Gasteiger partial charge in [-0.25, -0.2) is 0 Å². The van der Waals surface area contributed by atoms with Gasteiger partial charge in [-0.2, -0.15) is 0 Å². The van der Waals surface area contributed by atoms with Crippen molar-refractivity contribution in [2.45, 2.75) is 38.1 Å². The van der Waals surface area contributed by atoms with E-state index in [2.05, 4.69) is 6.92 Å². The first kappa shape index (κ1) is 9.52. The molecule has 2 N–H and O–H groups in total. The van der Waals surface area contributed by atoms with Gasteiger partial charge in [0.2, 0.25) is 0 Å². The number of methoxy groups -OCH3 is 1. The minimum atomic E-state index is -0.691. The minimum absolute atomic E-state index is 0.244. The molecule has 0 bridgehead atoms. The Morgan fingerprint density at radius 3 is 2.92 bits per heavy atom. The standard InChI is InChI=1S/C9H17NO2/c1-3-7-5-4-6-9(7,10)8(11)12-2/h7H,3-6,10H2,1-2H3/t7-,9-/m1/s1. The van der Waals surface area contributed by atoms with Crippen LogP contribution >= 0.6 is 0 Å². The first-order chi connectivity index (χ1) is 5.65. The summed E-state index contributed by atoms with van der Waals surface area (Å²) in [6, 6.07) is 0. The van der Waals surface area contributed by atoms with Gasteiger partial charge in [0.25, 0.3) is 0 Å². The van der Waals surface area contributed by atoms with Crippen molar-refractivity contribution in [1.82, 2.24) is 0 Å². The molecule has 0 saturated heterocycles. The van der Waals surface area contributed by atoms with E-state index in [9.17, 15) is 4.79 Å². The second kappa shape index (κ2) is 3.44. The topological polar surface area (TPSA) is 52.3 Å². The first-order valence-electron chi connectivity index (χ1n) is 4.52. The third kappa shape index (κ3) is 1.33. The van der Waals surface area contributed by atoms with Crippen molar-refractivity contribution >= 4 is 5.97 Å². The van der Waals surface area contributed by atoms with Crippen molar-refractivity contribution < 1.29 is 9.53 Å². The first-order valence-corrected chi connectivity index (χ1v) is 4.52. The molecule has 0 aliphatic heterocycles. The van der Waals surface area contributed by atoms with Crippen LogP contribution in [0.2, 0.25) is 0 Å². The van der Waals surface area contributed by atoms with E-state index in [1.54, 1.807) is 0 Å². The van der Waals surface area contributed by atoms with Crippen molar-refractivity contribution in [2.75, 3.05) is 7.11 Å². The van der Waals surface area contributed by atoms with Crippen molar-refractivity contribution in [3.05, 3.63) is 0 Å². The highest BCUT2D eigenvalue weighted by Crippen LogP contribution is 2.36. The van der Waals surface area contributed by atoms with Crippen LogP contribution < -0.4 is 5.73 Å². The van der Waals surface area contributed by atoms with E-state index in [4.69, 9.17) is 10.5 Å². The van der Waals surface area contributed by atoms with Crippen molar-refractivity contribution in [2.24, 2.45) is 11.7 Å². The third-order valence-electron chi connectivity index (χ3n) is 2.93. The Bertz CT molecular complexity index is 181. The van der Waals surface area contributed by atoms with Gasteiger partial charge < -0.3 is 10.5 Å². The molecule has 1 fully saturated rings. The molecular weight excluding hydrogens is 154 g/mol. The highest BCUT2D eigenvalue weighted by atomic mass is 16.5. The van der Waals surface area contributed by atoms with Crippen LogP contribution in [0, 0.1) is 5.92 Å². The van der Waals surface area contributed by atoms with Crippen LogP contribution in [-0.4, -0.2) is 18.6 Å². The van der Waals surface area contributed by atoms with Gasteiger partial charge >= 0.3 is 5.97 Å². The predicted molar refractivity (Wildman–Crippen MR) is 46.6 cm³/mol. The van der Waals surface area contributed by atoms with Crippen LogP contribution in [0.3, 0.4) is 0 Å². The van der Waals surface area contributed by atoms with E-state index in [1.165, 1.54) is 7.11 Å². The highest BCUT2D eigenvalue weighted by molar-refractivity contribution is 5.81. The minimum Gasteiger partial charge on any atom is -0.468 e. The summed E-state index contributed by atoms with van der Waals surface area (Å²) in [5.41, 5.74) is 5.30. The zero-order valence-electron chi connectivity index (χ0n) is 7.80. The summed E-state index contributed by atoms with van der Waals surface area (Å²) in [4.78, 5) is 11.4. The molecular formula is C9H17NO2. The summed E-state index contributed by atoms with van der Waals surface area (Å²) in [6.07, 6.45) is 3.84. The molecule has 1 aliphatic rings. The fraction of sp³-hybridized carbons (Fsp3) is 0.889. The number of carbonyl (C=O) groups excluding carboxylic acids is 1. The zero-order valence-corrected chi connectivity index (χ0v) is 7.80. The lowest BCUT2D eigenvalue weighted by Crippen LogP contribution is -2.51. The van der Waals surface area contributed by atoms with Crippen LogP contribution in [0.15, 0.2) is 0 Å². The number of carbonyl (C=O) groups is 1. The SMILES string of the molecule is CC[C@@H]1CCC[C@]1(N)C(=O)OC. The largest absolute Gasteiger partial charge is 0.468 e. The molecule has 1 rings (SSSR count). The number of rotatable bonds is 2. The maximum Gasteiger partial charge on any atom is 0.326 e. The van der Waals surface area contributed by atoms with E-state index in [0.717, 1.165) is 25.7 Å². The summed E-state index contributed by atoms with van der Waals surface area (Å²) in [6.45, 7) is 2.07. The van der Waals surface area contributed by atoms with E-state index in [0.29, 0.717) is 5.92 Å². The quantitative estimate of drug-likeness (QED) is 0.632. The molecule has 0 aromatic rings. The number of hydrogen-bond acceptors (Lipinski definition) is 3. The molecule has 0 radical (unpaired) electrons. The number of nitrogens with two attached hydrogens (primary N) is 1. The molecule has 0 spiro atoms. The monoisotopic (exact) mass is 171 g/mol. The lowest BCUT2D eigenvalue weighted by Gasteiger charge is -2.27. The maximum absolute atomic E-state index is 11.4. The summed E-state index contributed by atoms with van der Waals surface area (Å²) < 4.78 is 4.71. The highest BCUT2D eigenvalue weighted by Gasteiger charge is 2.45. The maximum atomic E-state index is 11.4. The molecule has 3 nitrogen and oxygen atoms in total. The van der Waals surface area contributed by atoms with Crippen molar-refractivity contribution in [3.8, 4) is 0 Å². The summed E-state index contributed by atoms with van der Waals surface area (Å²) >= 11 is 0. The van der Waals surface area contributed by atoms with Crippen LogP contribution in [0.25, 0.3) is 0 Å². The number of hydrogen-bond donors (Lipinski definition) is 1. The Morgan fingerprint density at radius 2 is 2.42 bits per heavy atom. The Kier molecular flexibility index (Phi) is 2.73. The van der Waals surface area contributed by atoms with Crippen molar-refractivity contribution in [1.29, 1.82) is 0 Å². The Morgan fingerprint density at radius 1 is 1.75 bits per heavy atom. The van der Waals surface area contributed by atoms with Crippen molar-refractivity contribution in [3.63, 3.8) is 0 Å². The van der Waals surface area contributed by atoms with Gasteiger partial charge in [-0.05, 0) is 18.8 Å². The van der Waals surface area contributed by atoms with E-state index >= 15 is 0 Å². The van der Waals surface area contributed by atoms with Gasteiger partial charge in [0, 0.05) is 0 Å². The third-order valence-corrected chi connectivity index (χ3v) is 2.93. The fourth-order valence-electron chi connectivity index (χ4n) is 2.13. The molecule has 12 heavy (non-hydrogen) atoms. The normalized spacial score (nSPS) is 35.1. The summed E-state index contributed by atoms with van der Waals surface area (Å²) in [5, 5.41) is 0. The van der Waals surface area contributed by atoms with E-state index in [1.807, 2.05) is 0 Å². The van der Waals surface area contributed by atoms with Gasteiger partial charge in [0.1, 0.15) is 5.54 Å². The number of ether oxygens (including phenoxy) is 1. The average molecular weight is 171 g/mol. The molecule has 1 saturated carbocycles. The Hall–Kier alpha value is -0.570. The van der Waals surface area contributed by atoms with Crippen LogP contribution in [0.5, 0.6) is 0 Å². The molecule has 70 valence electrons. The van der Waals surface area contributed by atoms with Gasteiger partial charge in [-0.15, -0.1) is 0 Å². The average Bonchev–Trinajstić information content (AvgIpc) is 2.46. The van der Waals surface area contributed by atoms with Gasteiger partial charge in [-0.3, -0.25) is 4.79 Å². The predicted octanol–water partition coefficient (Wildman–Crippen LogP) is 1.07. The molecule has 0 unspecified atom stereocenters. The van der Waals surface area contributed by atoms with Crippen LogP contribution in [0.1, 0.15) is 32.6 Å². The smallest absolute Gasteiger partial charge is 0.326 e. The molecule has 3 heteroatoms. The second-order valence-corrected chi connectivity index (χ2v) is 3.53. The Labute approximate surface area is 73.3 Å². The van der Waals surface area contributed by atoms with Gasteiger partial charge in [-0.1, -0.05) is 19.8 Å². The summed E-state index contributed by atoms with van der Waals surface area (Å²) in [7, 11) is 1.40.